The van der Waals surface area contributed by atoms with E-state index in [9.17, 15) is 11.0 Å². The molecule has 7 aromatic carbocycles. The molecule has 2 heterocycles. The fourth-order valence-electron chi connectivity index (χ4n) is 5.84. The first-order valence-electron chi connectivity index (χ1n) is 25.9. The predicted molar refractivity (Wildman–Crippen MR) is 185 cm³/mol. The van der Waals surface area contributed by atoms with Gasteiger partial charge in [0.25, 0.3) is 6.71 Å². The quantitative estimate of drug-likeness (QED) is 0.176. The minimum atomic E-state index is -1.63. The van der Waals surface area contributed by atoms with Crippen molar-refractivity contribution in [2.75, 3.05) is 0 Å². The standard InChI is InChI=1S/C42H25BO2/c1-2-12-29-28(11-1)30-13-3-4-15-32(30)34-22-21-26(23-35(34)33-16-6-5-14-31(29)33)27-24-40-42-41(25-27)45-39-20-10-8-18-37(39)43(42)36-17-7-9-19-38(36)44-40/h1-25H/i1D,2D,3D,4D,5D,6D,7D,8D,9D,10D,11D,12D,13D,14D,15D,16D,17D,18D,19D,20D,21D,22D,23D,24D,25D. The summed E-state index contributed by atoms with van der Waals surface area (Å²) in [6.07, 6.45) is 0. The van der Waals surface area contributed by atoms with Gasteiger partial charge in [-0.2, -0.15) is 0 Å². The van der Waals surface area contributed by atoms with Crippen LogP contribution in [0, 0.1) is 0 Å². The molecule has 45 heavy (non-hydrogen) atoms. The smallest absolute Gasteiger partial charge is 0.260 e. The summed E-state index contributed by atoms with van der Waals surface area (Å²) in [7, 11) is 0. The molecule has 0 aromatic heterocycles. The molecule has 0 radical (unpaired) electrons. The Morgan fingerprint density at radius 2 is 0.756 bits per heavy atom. The minimum Gasteiger partial charge on any atom is -0.458 e. The SMILES string of the molecule is [2H]c1c([2H])c([2H])c2c(c1[2H])Oc1c([2H])c(-c3c([2H])c([2H])c4c(c3[2H])-c3c([2H])c([2H])c([2H])c([2H])c3-c3c([2H])c([2H])c([2H])c([2H])c3-c3c([2H])c([2H])c([2H])c([2H])c3-4)c([2H])c3c1B2c1c([2H])c([2H])c([2H])c([2H])c1O3. The molecule has 0 unspecified atom stereocenters. The van der Waals surface area contributed by atoms with Crippen LogP contribution in [0.3, 0.4) is 0 Å². The highest BCUT2D eigenvalue weighted by atomic mass is 16.5. The fourth-order valence-corrected chi connectivity index (χ4v) is 5.84. The molecule has 0 N–H and O–H groups in total. The van der Waals surface area contributed by atoms with Gasteiger partial charge < -0.3 is 9.47 Å². The molecule has 0 amide bonds. The van der Waals surface area contributed by atoms with Gasteiger partial charge in [-0.3, -0.25) is 0 Å². The van der Waals surface area contributed by atoms with Gasteiger partial charge in [0.15, 0.2) is 0 Å². The second-order valence-electron chi connectivity index (χ2n) is 10.1. The van der Waals surface area contributed by atoms with Crippen LogP contribution in [0.5, 0.6) is 23.0 Å². The zero-order chi connectivity index (χ0) is 51.2. The molecule has 0 saturated carbocycles. The molecule has 7 aromatic rings. The van der Waals surface area contributed by atoms with E-state index in [1.807, 2.05) is 0 Å². The van der Waals surface area contributed by atoms with E-state index in [1.165, 1.54) is 0 Å². The third kappa shape index (κ3) is 3.58. The van der Waals surface area contributed by atoms with Crippen molar-refractivity contribution in [2.24, 2.45) is 0 Å². The Bertz CT molecular complexity index is 3630. The van der Waals surface area contributed by atoms with Gasteiger partial charge in [-0.1, -0.05) is 121 Å². The monoisotopic (exact) mass is 597 g/mol. The summed E-state index contributed by atoms with van der Waals surface area (Å²) >= 11 is 0. The average Bonchev–Trinajstić information content (AvgIpc) is 3.33. The highest BCUT2D eigenvalue weighted by Gasteiger charge is 2.40. The Kier molecular flexibility index (Phi) is 2.22. The fraction of sp³-hybridized carbons (Fsp3) is 0. The van der Waals surface area contributed by atoms with Gasteiger partial charge in [0, 0.05) is 5.46 Å². The van der Waals surface area contributed by atoms with Crippen LogP contribution in [-0.4, -0.2) is 6.71 Å². The largest absolute Gasteiger partial charge is 0.458 e. The maximum absolute atomic E-state index is 10.0. The van der Waals surface area contributed by atoms with Crippen LogP contribution in [0.15, 0.2) is 151 Å². The van der Waals surface area contributed by atoms with Crippen LogP contribution in [0.2, 0.25) is 0 Å². The average molecular weight is 598 g/mol. The van der Waals surface area contributed by atoms with Crippen LogP contribution >= 0.6 is 0 Å². The second-order valence-corrected chi connectivity index (χ2v) is 10.1. The Balaban J connectivity index is 1.43. The van der Waals surface area contributed by atoms with Crippen molar-refractivity contribution in [3.63, 3.8) is 0 Å². The Labute approximate surface area is 297 Å². The number of fused-ring (bicyclic) bond motifs is 12. The molecule has 3 heteroatoms. The normalized spacial score (nSPS) is 20.5. The summed E-state index contributed by atoms with van der Waals surface area (Å²) in [6, 6.07) is -22.2. The van der Waals surface area contributed by atoms with E-state index in [-0.39, 0.29) is 16.4 Å². The molecular weight excluding hydrogens is 547 g/mol. The zero-order valence-corrected chi connectivity index (χ0v) is 22.4. The molecule has 2 nitrogen and oxygen atoms in total. The van der Waals surface area contributed by atoms with Gasteiger partial charge in [0.05, 0.1) is 34.3 Å². The summed E-state index contributed by atoms with van der Waals surface area (Å²) in [6.45, 7) is -1.63. The molecule has 10 rings (SSSR count). The molecule has 0 fully saturated rings. The van der Waals surface area contributed by atoms with Crippen molar-refractivity contribution in [1.82, 2.24) is 0 Å². The Hall–Kier alpha value is -5.80. The summed E-state index contributed by atoms with van der Waals surface area (Å²) in [5.41, 5.74) is -8.24. The van der Waals surface area contributed by atoms with E-state index in [4.69, 9.17) is 32.8 Å². The lowest BCUT2D eigenvalue weighted by Gasteiger charge is -2.33. The number of para-hydroxylation sites is 2. The number of rotatable bonds is 1. The number of hydrogen-bond donors (Lipinski definition) is 0. The number of benzene rings is 7. The maximum Gasteiger partial charge on any atom is 0.260 e. The zero-order valence-electron chi connectivity index (χ0n) is 47.4. The van der Waals surface area contributed by atoms with Gasteiger partial charge in [-0.05, 0) is 96.8 Å². The number of hydrogen-bond acceptors (Lipinski definition) is 2. The Morgan fingerprint density at radius 3 is 1.24 bits per heavy atom. The first-order valence-corrected chi connectivity index (χ1v) is 13.4. The van der Waals surface area contributed by atoms with Crippen LogP contribution in [0.4, 0.5) is 0 Å². The molecule has 3 aliphatic rings. The van der Waals surface area contributed by atoms with E-state index < -0.39 is 236 Å². The van der Waals surface area contributed by atoms with Gasteiger partial charge in [-0.25, -0.2) is 0 Å². The van der Waals surface area contributed by atoms with Crippen molar-refractivity contribution in [2.45, 2.75) is 0 Å². The van der Waals surface area contributed by atoms with Crippen molar-refractivity contribution in [1.29, 1.82) is 0 Å². The van der Waals surface area contributed by atoms with E-state index in [2.05, 4.69) is 0 Å². The highest BCUT2D eigenvalue weighted by Crippen LogP contribution is 2.49. The molecular formula is C42H25BO2. The van der Waals surface area contributed by atoms with E-state index in [1.54, 1.807) is 0 Å². The van der Waals surface area contributed by atoms with E-state index >= 15 is 0 Å². The second kappa shape index (κ2) is 9.35. The third-order valence-corrected chi connectivity index (χ3v) is 7.73. The van der Waals surface area contributed by atoms with Crippen molar-refractivity contribution in [3.05, 3.63) is 151 Å². The van der Waals surface area contributed by atoms with Gasteiger partial charge >= 0.3 is 0 Å². The van der Waals surface area contributed by atoms with Crippen LogP contribution in [0.1, 0.15) is 34.3 Å². The molecule has 0 spiro atoms. The predicted octanol–water partition coefficient (Wildman–Crippen LogP) is 9.06. The van der Waals surface area contributed by atoms with E-state index in [0.717, 1.165) is 0 Å². The lowest BCUT2D eigenvalue weighted by molar-refractivity contribution is 0.465. The summed E-state index contributed by atoms with van der Waals surface area (Å²) < 4.78 is 238. The topological polar surface area (TPSA) is 18.5 Å². The van der Waals surface area contributed by atoms with Gasteiger partial charge in [0.2, 0.25) is 0 Å². The molecule has 0 saturated heterocycles. The van der Waals surface area contributed by atoms with Crippen molar-refractivity contribution in [3.8, 4) is 78.6 Å². The van der Waals surface area contributed by atoms with Gasteiger partial charge in [-0.15, -0.1) is 0 Å². The van der Waals surface area contributed by atoms with Crippen molar-refractivity contribution >= 4 is 23.1 Å². The first kappa shape index (κ1) is 10.7. The van der Waals surface area contributed by atoms with Crippen molar-refractivity contribution < 1.29 is 43.7 Å². The van der Waals surface area contributed by atoms with Crippen LogP contribution in [-0.2, 0) is 0 Å². The third-order valence-electron chi connectivity index (χ3n) is 7.73. The minimum absolute atomic E-state index is 0.320. The molecule has 2 aliphatic heterocycles. The number of ether oxygens (including phenoxy) is 2. The lowest BCUT2D eigenvalue weighted by Crippen LogP contribution is -2.57. The lowest BCUT2D eigenvalue weighted by atomic mass is 9.35. The summed E-state index contributed by atoms with van der Waals surface area (Å²) in [5.74, 6) is -2.46. The summed E-state index contributed by atoms with van der Waals surface area (Å²) in [5, 5.41) is 0. The molecule has 208 valence electrons. The van der Waals surface area contributed by atoms with E-state index in [0.29, 0.717) is 0 Å². The molecule has 0 atom stereocenters. The summed E-state index contributed by atoms with van der Waals surface area (Å²) in [4.78, 5) is 0. The van der Waals surface area contributed by atoms with Crippen LogP contribution < -0.4 is 25.9 Å². The first-order chi connectivity index (χ1) is 32.7. The molecule has 1 aliphatic carbocycles. The van der Waals surface area contributed by atoms with Gasteiger partial charge in [0.1, 0.15) is 23.0 Å². The maximum atomic E-state index is 10.0. The Morgan fingerprint density at radius 1 is 0.356 bits per heavy atom. The molecule has 0 bridgehead atoms. The highest BCUT2D eigenvalue weighted by molar-refractivity contribution is 6.98. The van der Waals surface area contributed by atoms with Crippen LogP contribution in [0.25, 0.3) is 55.6 Å².